The molecule has 1 aromatic heterocycles. The smallest absolute Gasteiger partial charge is 0.371 e. The van der Waals surface area contributed by atoms with Crippen LogP contribution in [0.15, 0.2) is 16.5 Å². The van der Waals surface area contributed by atoms with E-state index < -0.39 is 5.97 Å². The lowest BCUT2D eigenvalue weighted by Gasteiger charge is -2.31. The molecule has 0 bridgehead atoms. The summed E-state index contributed by atoms with van der Waals surface area (Å²) >= 11 is 0. The van der Waals surface area contributed by atoms with Crippen molar-refractivity contribution in [1.29, 1.82) is 0 Å². The fourth-order valence-electron chi connectivity index (χ4n) is 0.890. The number of likely N-dealkylation sites (N-methyl/N-ethyl adjacent to an activating group) is 1. The van der Waals surface area contributed by atoms with Gasteiger partial charge >= 0.3 is 5.97 Å². The zero-order chi connectivity index (χ0) is 12.3. The molecule has 5 heteroatoms. The Morgan fingerprint density at radius 1 is 1.50 bits per heavy atom. The van der Waals surface area contributed by atoms with Gasteiger partial charge in [-0.05, 0) is 34.0 Å². The number of carboxylic acids is 1. The minimum atomic E-state index is -1.10. The number of rotatable bonds is 5. The molecular weight excluding hydrogens is 210 g/mol. The molecule has 90 valence electrons. The predicted octanol–water partition coefficient (Wildman–Crippen LogP) is 1.70. The highest BCUT2D eigenvalue weighted by Crippen LogP contribution is 2.18. The van der Waals surface area contributed by atoms with Gasteiger partial charge in [0.25, 0.3) is 5.95 Å². The van der Waals surface area contributed by atoms with Crippen LogP contribution in [0.3, 0.4) is 0 Å². The summed E-state index contributed by atoms with van der Waals surface area (Å²) in [6, 6.07) is 2.88. The summed E-state index contributed by atoms with van der Waals surface area (Å²) in [7, 11) is 3.91. The van der Waals surface area contributed by atoms with E-state index >= 15 is 0 Å². The Bertz CT molecular complexity index is 368. The van der Waals surface area contributed by atoms with Gasteiger partial charge in [-0.1, -0.05) is 0 Å². The van der Waals surface area contributed by atoms with E-state index in [1.807, 2.05) is 32.8 Å². The fraction of sp³-hybridized carbons (Fsp3) is 0.545. The predicted molar refractivity (Wildman–Crippen MR) is 58.9 cm³/mol. The number of nitrogens with zero attached hydrogens (tertiary/aromatic N) is 1. The van der Waals surface area contributed by atoms with E-state index in [1.54, 1.807) is 0 Å². The zero-order valence-electron chi connectivity index (χ0n) is 9.98. The van der Waals surface area contributed by atoms with E-state index in [1.165, 1.54) is 12.1 Å². The molecule has 16 heavy (non-hydrogen) atoms. The van der Waals surface area contributed by atoms with Crippen molar-refractivity contribution in [3.63, 3.8) is 0 Å². The standard InChI is InChI=1S/C11H17NO4/c1-11(2,12(3)4)7-15-9-6-5-8(16-9)10(13)14/h5-6H,7H2,1-4H3,(H,13,14). The van der Waals surface area contributed by atoms with Crippen molar-refractivity contribution >= 4 is 5.97 Å². The van der Waals surface area contributed by atoms with Gasteiger partial charge < -0.3 is 19.2 Å². The molecule has 0 unspecified atom stereocenters. The maximum Gasteiger partial charge on any atom is 0.371 e. The lowest BCUT2D eigenvalue weighted by Crippen LogP contribution is -2.43. The van der Waals surface area contributed by atoms with Crippen LogP contribution in [-0.4, -0.2) is 42.2 Å². The third kappa shape index (κ3) is 3.00. The van der Waals surface area contributed by atoms with Crippen LogP contribution < -0.4 is 4.74 Å². The minimum Gasteiger partial charge on any atom is -0.475 e. The Balaban J connectivity index is 2.58. The first-order valence-corrected chi connectivity index (χ1v) is 4.96. The Morgan fingerprint density at radius 2 is 2.12 bits per heavy atom. The average molecular weight is 227 g/mol. The van der Waals surface area contributed by atoms with Crippen molar-refractivity contribution in [3.05, 3.63) is 17.9 Å². The molecule has 5 nitrogen and oxygen atoms in total. The Hall–Kier alpha value is -1.49. The molecule has 0 aromatic carbocycles. The first-order valence-electron chi connectivity index (χ1n) is 4.96. The molecule has 1 heterocycles. The zero-order valence-corrected chi connectivity index (χ0v) is 9.98. The number of carbonyl (C=O) groups is 1. The van der Waals surface area contributed by atoms with E-state index in [-0.39, 0.29) is 17.2 Å². The number of furan rings is 1. The van der Waals surface area contributed by atoms with Crippen LogP contribution in [0.5, 0.6) is 5.95 Å². The molecule has 0 aliphatic carbocycles. The molecule has 0 aliphatic heterocycles. The molecule has 0 saturated carbocycles. The fourth-order valence-corrected chi connectivity index (χ4v) is 0.890. The molecule has 1 aromatic rings. The Kier molecular flexibility index (Phi) is 3.59. The van der Waals surface area contributed by atoms with Crippen LogP contribution in [0.1, 0.15) is 24.4 Å². The molecule has 1 N–H and O–H groups in total. The third-order valence-corrected chi connectivity index (χ3v) is 2.57. The van der Waals surface area contributed by atoms with Gasteiger partial charge in [0.15, 0.2) is 0 Å². The maximum absolute atomic E-state index is 10.6. The first-order chi connectivity index (χ1) is 7.33. The van der Waals surface area contributed by atoms with Crippen LogP contribution in [0, 0.1) is 0 Å². The van der Waals surface area contributed by atoms with E-state index in [0.717, 1.165) is 0 Å². The summed E-state index contributed by atoms with van der Waals surface area (Å²) in [6.07, 6.45) is 0. The van der Waals surface area contributed by atoms with Gasteiger partial charge in [0.05, 0.1) is 0 Å². The van der Waals surface area contributed by atoms with Crippen molar-refractivity contribution in [2.75, 3.05) is 20.7 Å². The van der Waals surface area contributed by atoms with Crippen molar-refractivity contribution in [2.45, 2.75) is 19.4 Å². The molecule has 0 amide bonds. The largest absolute Gasteiger partial charge is 0.475 e. The quantitative estimate of drug-likeness (QED) is 0.829. The second-order valence-corrected chi connectivity index (χ2v) is 4.42. The van der Waals surface area contributed by atoms with E-state index in [9.17, 15) is 4.79 Å². The number of carboxylic acid groups (broad SMARTS) is 1. The van der Waals surface area contributed by atoms with Gasteiger partial charge in [0.2, 0.25) is 5.76 Å². The normalized spacial score (nSPS) is 11.8. The second-order valence-electron chi connectivity index (χ2n) is 4.42. The third-order valence-electron chi connectivity index (χ3n) is 2.57. The Labute approximate surface area is 94.6 Å². The molecule has 0 saturated heterocycles. The molecule has 0 radical (unpaired) electrons. The van der Waals surface area contributed by atoms with Crippen molar-refractivity contribution < 1.29 is 19.1 Å². The monoisotopic (exact) mass is 227 g/mol. The summed E-state index contributed by atoms with van der Waals surface area (Å²) in [4.78, 5) is 12.6. The highest BCUT2D eigenvalue weighted by molar-refractivity contribution is 5.84. The van der Waals surface area contributed by atoms with Crippen LogP contribution in [0.25, 0.3) is 0 Å². The summed E-state index contributed by atoms with van der Waals surface area (Å²) in [5.41, 5.74) is -0.143. The summed E-state index contributed by atoms with van der Waals surface area (Å²) in [6.45, 7) is 4.47. The number of hydrogen-bond acceptors (Lipinski definition) is 4. The summed E-state index contributed by atoms with van der Waals surface area (Å²) in [5, 5.41) is 8.66. The maximum atomic E-state index is 10.6. The topological polar surface area (TPSA) is 62.9 Å². The van der Waals surface area contributed by atoms with Gasteiger partial charge in [-0.15, -0.1) is 0 Å². The van der Waals surface area contributed by atoms with Gasteiger partial charge in [0, 0.05) is 11.6 Å². The van der Waals surface area contributed by atoms with Crippen LogP contribution in [0.2, 0.25) is 0 Å². The van der Waals surface area contributed by atoms with Crippen molar-refractivity contribution in [1.82, 2.24) is 4.90 Å². The summed E-state index contributed by atoms with van der Waals surface area (Å²) < 4.78 is 10.4. The lowest BCUT2D eigenvalue weighted by atomic mass is 10.1. The van der Waals surface area contributed by atoms with Gasteiger partial charge in [0.1, 0.15) is 6.61 Å². The number of ether oxygens (including phenoxy) is 1. The van der Waals surface area contributed by atoms with Crippen LogP contribution >= 0.6 is 0 Å². The molecule has 0 aliphatic rings. The van der Waals surface area contributed by atoms with E-state index in [4.69, 9.17) is 14.3 Å². The van der Waals surface area contributed by atoms with Gasteiger partial charge in [-0.2, -0.15) is 0 Å². The Morgan fingerprint density at radius 3 is 2.56 bits per heavy atom. The second kappa shape index (κ2) is 4.57. The summed E-state index contributed by atoms with van der Waals surface area (Å²) in [5.74, 6) is -0.980. The molecule has 0 fully saturated rings. The number of hydrogen-bond donors (Lipinski definition) is 1. The number of aromatic carboxylic acids is 1. The molecule has 1 rings (SSSR count). The van der Waals surface area contributed by atoms with Gasteiger partial charge in [-0.3, -0.25) is 0 Å². The highest BCUT2D eigenvalue weighted by Gasteiger charge is 2.22. The van der Waals surface area contributed by atoms with Crippen molar-refractivity contribution in [2.24, 2.45) is 0 Å². The molecule has 0 spiro atoms. The molecular formula is C11H17NO4. The first kappa shape index (κ1) is 12.6. The van der Waals surface area contributed by atoms with Crippen LogP contribution in [-0.2, 0) is 0 Å². The van der Waals surface area contributed by atoms with Crippen LogP contribution in [0.4, 0.5) is 0 Å². The van der Waals surface area contributed by atoms with E-state index in [2.05, 4.69) is 0 Å². The SMILES string of the molecule is CN(C)C(C)(C)COc1ccc(C(=O)O)o1. The van der Waals surface area contributed by atoms with Gasteiger partial charge in [-0.25, -0.2) is 4.79 Å². The highest BCUT2D eigenvalue weighted by atomic mass is 16.6. The minimum absolute atomic E-state index is 0.113. The van der Waals surface area contributed by atoms with Crippen molar-refractivity contribution in [3.8, 4) is 5.95 Å². The lowest BCUT2D eigenvalue weighted by molar-refractivity contribution is 0.0637. The molecule has 0 atom stereocenters. The average Bonchev–Trinajstić information content (AvgIpc) is 2.63. The van der Waals surface area contributed by atoms with E-state index in [0.29, 0.717) is 6.61 Å².